The predicted molar refractivity (Wildman–Crippen MR) is 110 cm³/mol. The van der Waals surface area contributed by atoms with Crippen molar-refractivity contribution in [3.8, 4) is 10.4 Å². The molecule has 1 heterocycles. The monoisotopic (exact) mass is 452 g/mol. The number of carboxylic acid groups (broad SMARTS) is 1. The predicted octanol–water partition coefficient (Wildman–Crippen LogP) is 6.12. The van der Waals surface area contributed by atoms with Gasteiger partial charge in [-0.1, -0.05) is 22.0 Å². The highest BCUT2D eigenvalue weighted by molar-refractivity contribution is 9.10. The molecular formula is C19H21BrN2O2S2. The highest BCUT2D eigenvalue weighted by Crippen LogP contribution is 2.46. The number of benzene rings is 1. The van der Waals surface area contributed by atoms with E-state index < -0.39 is 6.09 Å². The summed E-state index contributed by atoms with van der Waals surface area (Å²) in [6, 6.07) is 6.62. The number of nitrogens with one attached hydrogen (secondary N) is 1. The lowest BCUT2D eigenvalue weighted by Gasteiger charge is -2.27. The lowest BCUT2D eigenvalue weighted by molar-refractivity contribution is 0.185. The minimum absolute atomic E-state index is 0.0937. The molecule has 2 aromatic rings. The molecule has 2 aliphatic rings. The summed E-state index contributed by atoms with van der Waals surface area (Å²) in [5.74, 6) is 0.454. The average molecular weight is 453 g/mol. The van der Waals surface area contributed by atoms with Crippen molar-refractivity contribution in [2.24, 2.45) is 0 Å². The fourth-order valence-electron chi connectivity index (χ4n) is 3.42. The molecule has 2 saturated carbocycles. The van der Waals surface area contributed by atoms with Gasteiger partial charge in [-0.25, -0.2) is 9.78 Å². The summed E-state index contributed by atoms with van der Waals surface area (Å²) in [5.41, 5.74) is 1.29. The second-order valence-electron chi connectivity index (χ2n) is 7.02. The van der Waals surface area contributed by atoms with Crippen molar-refractivity contribution >= 4 is 45.1 Å². The van der Waals surface area contributed by atoms with Crippen LogP contribution >= 0.6 is 39.0 Å². The van der Waals surface area contributed by atoms with E-state index in [1.54, 1.807) is 11.3 Å². The van der Waals surface area contributed by atoms with E-state index in [-0.39, 0.29) is 6.04 Å². The van der Waals surface area contributed by atoms with Gasteiger partial charge < -0.3 is 10.4 Å². The summed E-state index contributed by atoms with van der Waals surface area (Å²) in [7, 11) is 0. The Morgan fingerprint density at radius 3 is 2.69 bits per heavy atom. The molecule has 0 spiro atoms. The maximum Gasteiger partial charge on any atom is 0.404 e. The van der Waals surface area contributed by atoms with E-state index in [1.165, 1.54) is 33.2 Å². The molecule has 138 valence electrons. The number of hydrogen-bond acceptors (Lipinski definition) is 4. The van der Waals surface area contributed by atoms with Crippen LogP contribution in [-0.2, 0) is 0 Å². The van der Waals surface area contributed by atoms with E-state index in [0.29, 0.717) is 5.92 Å². The van der Waals surface area contributed by atoms with Crippen LogP contribution in [0.1, 0.15) is 49.5 Å². The van der Waals surface area contributed by atoms with Gasteiger partial charge in [0.25, 0.3) is 0 Å². The average Bonchev–Trinajstić information content (AvgIpc) is 3.29. The molecule has 26 heavy (non-hydrogen) atoms. The van der Waals surface area contributed by atoms with Gasteiger partial charge in [0.2, 0.25) is 0 Å². The third-order valence-electron chi connectivity index (χ3n) is 4.95. The Labute approximate surface area is 169 Å². The molecule has 0 aliphatic heterocycles. The maximum atomic E-state index is 10.8. The van der Waals surface area contributed by atoms with Gasteiger partial charge in [-0.05, 0) is 50.7 Å². The summed E-state index contributed by atoms with van der Waals surface area (Å²) >= 11 is 7.38. The molecular weight excluding hydrogens is 432 g/mol. The molecule has 0 bridgehead atoms. The zero-order valence-corrected chi connectivity index (χ0v) is 17.5. The van der Waals surface area contributed by atoms with Crippen LogP contribution in [0.2, 0.25) is 0 Å². The number of nitrogens with zero attached hydrogens (tertiary/aromatic N) is 1. The first-order valence-corrected chi connectivity index (χ1v) is 11.5. The number of thioether (sulfide) groups is 1. The topological polar surface area (TPSA) is 62.2 Å². The van der Waals surface area contributed by atoms with Gasteiger partial charge in [0, 0.05) is 38.3 Å². The first-order chi connectivity index (χ1) is 12.6. The molecule has 0 atom stereocenters. The SMILES string of the molecule is O=C(O)NC1CCC(c2ncc(-c3ccc(Br)cc3SC3CC3)s2)CC1. The summed E-state index contributed by atoms with van der Waals surface area (Å²) in [5, 5.41) is 13.4. The van der Waals surface area contributed by atoms with Gasteiger partial charge in [-0.2, -0.15) is 0 Å². The molecule has 2 fully saturated rings. The maximum absolute atomic E-state index is 10.8. The van der Waals surface area contributed by atoms with Crippen LogP contribution in [0.4, 0.5) is 4.79 Å². The first kappa shape index (κ1) is 18.3. The Balaban J connectivity index is 1.48. The number of amides is 1. The minimum atomic E-state index is -0.916. The molecule has 0 unspecified atom stereocenters. The van der Waals surface area contributed by atoms with E-state index >= 15 is 0 Å². The number of rotatable bonds is 5. The first-order valence-electron chi connectivity index (χ1n) is 9.00. The molecule has 2 aliphatic carbocycles. The third-order valence-corrected chi connectivity index (χ3v) is 8.04. The lowest BCUT2D eigenvalue weighted by Crippen LogP contribution is -2.36. The molecule has 0 saturated heterocycles. The third kappa shape index (κ3) is 4.43. The van der Waals surface area contributed by atoms with E-state index in [9.17, 15) is 4.79 Å². The summed E-state index contributed by atoms with van der Waals surface area (Å²) in [4.78, 5) is 18.1. The van der Waals surface area contributed by atoms with Gasteiger partial charge in [-0.15, -0.1) is 23.1 Å². The van der Waals surface area contributed by atoms with Crippen molar-refractivity contribution < 1.29 is 9.90 Å². The zero-order chi connectivity index (χ0) is 18.1. The Hall–Kier alpha value is -1.05. The molecule has 0 radical (unpaired) electrons. The van der Waals surface area contributed by atoms with Crippen LogP contribution in [0, 0.1) is 0 Å². The molecule has 7 heteroatoms. The van der Waals surface area contributed by atoms with Gasteiger partial charge in [0.05, 0.1) is 9.88 Å². The van der Waals surface area contributed by atoms with Crippen molar-refractivity contribution in [1.29, 1.82) is 0 Å². The van der Waals surface area contributed by atoms with E-state index in [0.717, 1.165) is 35.4 Å². The lowest BCUT2D eigenvalue weighted by atomic mass is 9.86. The van der Waals surface area contributed by atoms with Crippen LogP contribution in [0.25, 0.3) is 10.4 Å². The minimum Gasteiger partial charge on any atom is -0.465 e. The standard InChI is InChI=1S/C19H21BrN2O2S2/c20-12-3-8-15(16(9-12)25-14-6-7-14)17-10-21-18(26-17)11-1-4-13(5-2-11)22-19(23)24/h3,8-11,13-14,22H,1-2,4-7H2,(H,23,24). The highest BCUT2D eigenvalue weighted by Gasteiger charge is 2.27. The number of carbonyl (C=O) groups is 1. The summed E-state index contributed by atoms with van der Waals surface area (Å²) in [6.07, 6.45) is 7.53. The fraction of sp³-hybridized carbons (Fsp3) is 0.474. The Morgan fingerprint density at radius 1 is 1.23 bits per heavy atom. The Morgan fingerprint density at radius 2 is 2.00 bits per heavy atom. The normalized spacial score (nSPS) is 23.0. The van der Waals surface area contributed by atoms with Crippen molar-refractivity contribution in [1.82, 2.24) is 10.3 Å². The summed E-state index contributed by atoms with van der Waals surface area (Å²) < 4.78 is 1.12. The van der Waals surface area contributed by atoms with Gasteiger partial charge in [0.1, 0.15) is 0 Å². The number of thiazole rings is 1. The van der Waals surface area contributed by atoms with Crippen molar-refractivity contribution in [2.45, 2.75) is 60.6 Å². The number of aromatic nitrogens is 1. The van der Waals surface area contributed by atoms with Crippen LogP contribution < -0.4 is 5.32 Å². The Bertz CT molecular complexity index is 799. The van der Waals surface area contributed by atoms with Gasteiger partial charge in [0.15, 0.2) is 0 Å². The van der Waals surface area contributed by atoms with Crippen LogP contribution in [0.15, 0.2) is 33.8 Å². The fourth-order valence-corrected chi connectivity index (χ4v) is 6.36. The molecule has 2 N–H and O–H groups in total. The van der Waals surface area contributed by atoms with Crippen LogP contribution in [0.3, 0.4) is 0 Å². The van der Waals surface area contributed by atoms with Crippen LogP contribution in [0.5, 0.6) is 0 Å². The highest BCUT2D eigenvalue weighted by atomic mass is 79.9. The van der Waals surface area contributed by atoms with Crippen molar-refractivity contribution in [3.05, 3.63) is 33.9 Å². The molecule has 4 nitrogen and oxygen atoms in total. The van der Waals surface area contributed by atoms with E-state index in [1.807, 2.05) is 18.0 Å². The largest absolute Gasteiger partial charge is 0.465 e. The second-order valence-corrected chi connectivity index (χ2v) is 10.3. The van der Waals surface area contributed by atoms with Crippen molar-refractivity contribution in [3.63, 3.8) is 0 Å². The smallest absolute Gasteiger partial charge is 0.404 e. The summed E-state index contributed by atoms with van der Waals surface area (Å²) in [6.45, 7) is 0. The number of hydrogen-bond donors (Lipinski definition) is 2. The zero-order valence-electron chi connectivity index (χ0n) is 14.3. The molecule has 1 amide bonds. The van der Waals surface area contributed by atoms with Crippen LogP contribution in [-0.4, -0.2) is 27.5 Å². The van der Waals surface area contributed by atoms with E-state index in [4.69, 9.17) is 10.1 Å². The molecule has 1 aromatic carbocycles. The van der Waals surface area contributed by atoms with Gasteiger partial charge in [-0.3, -0.25) is 0 Å². The molecule has 1 aromatic heterocycles. The van der Waals surface area contributed by atoms with E-state index in [2.05, 4.69) is 39.4 Å². The Kier molecular flexibility index (Phi) is 5.57. The van der Waals surface area contributed by atoms with Gasteiger partial charge >= 0.3 is 6.09 Å². The second kappa shape index (κ2) is 7.90. The molecule has 4 rings (SSSR count). The quantitative estimate of drug-likeness (QED) is 0.573. The van der Waals surface area contributed by atoms with Crippen molar-refractivity contribution in [2.75, 3.05) is 0 Å². The number of halogens is 1.